The van der Waals surface area contributed by atoms with Gasteiger partial charge in [0.05, 0.1) is 18.9 Å². The molecule has 1 fully saturated rings. The van der Waals surface area contributed by atoms with Crippen LogP contribution in [0.1, 0.15) is 30.6 Å². The molecule has 1 aromatic carbocycles. The van der Waals surface area contributed by atoms with Gasteiger partial charge in [-0.25, -0.2) is 9.59 Å². The Balaban J connectivity index is 1.43. The van der Waals surface area contributed by atoms with Gasteiger partial charge in [0.2, 0.25) is 0 Å². The zero-order valence-electron chi connectivity index (χ0n) is 16.6. The topological polar surface area (TPSA) is 84.9 Å². The maximum absolute atomic E-state index is 12.3. The number of carboxylic acid groups (broad SMARTS) is 1. The van der Waals surface area contributed by atoms with E-state index >= 15 is 0 Å². The quantitative estimate of drug-likeness (QED) is 0.618. The van der Waals surface area contributed by atoms with Crippen LogP contribution in [0.15, 0.2) is 36.4 Å². The van der Waals surface area contributed by atoms with E-state index in [1.54, 1.807) is 11.3 Å². The van der Waals surface area contributed by atoms with Crippen molar-refractivity contribution < 1.29 is 24.2 Å². The number of ether oxygens (including phenoxy) is 2. The van der Waals surface area contributed by atoms with Gasteiger partial charge in [-0.05, 0) is 62.6 Å². The lowest BCUT2D eigenvalue weighted by molar-refractivity contribution is -0.142. The van der Waals surface area contributed by atoms with E-state index in [9.17, 15) is 9.59 Å². The van der Waals surface area contributed by atoms with Crippen LogP contribution in [0.5, 0.6) is 0 Å². The largest absolute Gasteiger partial charge is 0.480 e. The minimum absolute atomic E-state index is 0.240. The van der Waals surface area contributed by atoms with Gasteiger partial charge in [-0.2, -0.15) is 0 Å². The second-order valence-electron chi connectivity index (χ2n) is 7.47. The molecule has 1 aliphatic rings. The first-order chi connectivity index (χ1) is 14.0. The van der Waals surface area contributed by atoms with E-state index < -0.39 is 12.1 Å². The van der Waals surface area contributed by atoms with Gasteiger partial charge in [0.15, 0.2) is 0 Å². The van der Waals surface area contributed by atoms with Gasteiger partial charge in [0.25, 0.3) is 0 Å². The first kappa shape index (κ1) is 21.3. The highest BCUT2D eigenvalue weighted by Crippen LogP contribution is 2.33. The lowest BCUT2D eigenvalue weighted by atomic mass is 9.83. The number of rotatable bonds is 8. The molecule has 156 valence electrons. The Bertz CT molecular complexity index is 826. The van der Waals surface area contributed by atoms with Gasteiger partial charge in [-0.1, -0.05) is 18.2 Å². The number of amides is 1. The van der Waals surface area contributed by atoms with Gasteiger partial charge >= 0.3 is 12.1 Å². The smallest absolute Gasteiger partial charge is 0.411 e. The summed E-state index contributed by atoms with van der Waals surface area (Å²) in [6, 6.07) is 11.9. The zero-order chi connectivity index (χ0) is 20.6. The maximum Gasteiger partial charge on any atom is 0.411 e. The van der Waals surface area contributed by atoms with Crippen LogP contribution < -0.4 is 5.32 Å². The molecule has 0 bridgehead atoms. The third kappa shape index (κ3) is 6.58. The van der Waals surface area contributed by atoms with Crippen molar-refractivity contribution >= 4 is 29.1 Å². The van der Waals surface area contributed by atoms with Crippen LogP contribution in [0.2, 0.25) is 0 Å². The van der Waals surface area contributed by atoms with E-state index in [1.807, 2.05) is 24.3 Å². The number of carbonyl (C=O) groups excluding carboxylic acids is 1. The van der Waals surface area contributed by atoms with Crippen molar-refractivity contribution in [3.05, 3.63) is 41.3 Å². The van der Waals surface area contributed by atoms with Crippen molar-refractivity contribution in [1.29, 1.82) is 0 Å². The van der Waals surface area contributed by atoms with Crippen molar-refractivity contribution in [2.24, 2.45) is 11.8 Å². The predicted molar refractivity (Wildman–Crippen MR) is 113 cm³/mol. The molecule has 1 aliphatic carbocycles. The maximum atomic E-state index is 12.3. The van der Waals surface area contributed by atoms with Crippen LogP contribution in [0.4, 0.5) is 10.5 Å². The van der Waals surface area contributed by atoms with Gasteiger partial charge in [-0.15, -0.1) is 11.3 Å². The number of para-hydroxylation sites is 1. The molecule has 29 heavy (non-hydrogen) atoms. The van der Waals surface area contributed by atoms with Gasteiger partial charge in [0.1, 0.15) is 6.61 Å². The number of hydrogen-bond donors (Lipinski definition) is 2. The molecule has 2 N–H and O–H groups in total. The molecule has 0 aliphatic heterocycles. The molecule has 1 saturated carbocycles. The molecule has 7 heteroatoms. The first-order valence-corrected chi connectivity index (χ1v) is 10.7. The molecule has 0 atom stereocenters. The highest BCUT2D eigenvalue weighted by molar-refractivity contribution is 7.15. The van der Waals surface area contributed by atoms with E-state index in [0.717, 1.165) is 41.8 Å². The summed E-state index contributed by atoms with van der Waals surface area (Å²) in [5.74, 6) is -0.207. The number of hydrogen-bond acceptors (Lipinski definition) is 5. The van der Waals surface area contributed by atoms with Crippen LogP contribution in [-0.2, 0) is 14.3 Å². The van der Waals surface area contributed by atoms with Crippen LogP contribution in [-0.4, -0.2) is 37.0 Å². The highest BCUT2D eigenvalue weighted by Gasteiger charge is 2.23. The summed E-state index contributed by atoms with van der Waals surface area (Å²) in [5.41, 5.74) is 1.74. The minimum atomic E-state index is -0.936. The average molecular weight is 418 g/mol. The lowest BCUT2D eigenvalue weighted by Gasteiger charge is -2.27. The second kappa shape index (κ2) is 10.4. The highest BCUT2D eigenvalue weighted by atomic mass is 32.1. The molecule has 3 rings (SSSR count). The Morgan fingerprint density at radius 1 is 1.07 bits per heavy atom. The average Bonchev–Trinajstić information content (AvgIpc) is 3.14. The fourth-order valence-corrected chi connectivity index (χ4v) is 4.51. The van der Waals surface area contributed by atoms with Gasteiger partial charge in [-0.3, -0.25) is 5.32 Å². The Labute approximate surface area is 174 Å². The lowest BCUT2D eigenvalue weighted by Crippen LogP contribution is -2.25. The van der Waals surface area contributed by atoms with E-state index in [0.29, 0.717) is 25.0 Å². The number of carboxylic acids is 1. The van der Waals surface area contributed by atoms with Gasteiger partial charge < -0.3 is 14.6 Å². The second-order valence-corrected chi connectivity index (χ2v) is 8.76. The number of benzene rings is 1. The van der Waals surface area contributed by atoms with E-state index in [-0.39, 0.29) is 6.61 Å². The monoisotopic (exact) mass is 417 g/mol. The Morgan fingerprint density at radius 2 is 1.76 bits per heavy atom. The summed E-state index contributed by atoms with van der Waals surface area (Å²) in [6.45, 7) is 2.70. The number of nitrogens with one attached hydrogen (secondary N) is 1. The molecule has 2 aromatic rings. The molecule has 6 nitrogen and oxygen atoms in total. The van der Waals surface area contributed by atoms with Crippen molar-refractivity contribution in [3.8, 4) is 10.4 Å². The molecule has 0 saturated heterocycles. The normalized spacial score (nSPS) is 18.9. The number of anilines is 1. The molecule has 0 unspecified atom stereocenters. The molecule has 0 spiro atoms. The summed E-state index contributed by atoms with van der Waals surface area (Å²) in [7, 11) is 0. The van der Waals surface area contributed by atoms with Crippen LogP contribution in [0.3, 0.4) is 0 Å². The van der Waals surface area contributed by atoms with Crippen LogP contribution in [0.25, 0.3) is 10.4 Å². The van der Waals surface area contributed by atoms with Crippen molar-refractivity contribution in [3.63, 3.8) is 0 Å². The Kier molecular flexibility index (Phi) is 7.66. The number of aryl methyl sites for hydroxylation is 1. The molecule has 0 radical (unpaired) electrons. The van der Waals surface area contributed by atoms with Crippen molar-refractivity contribution in [2.75, 3.05) is 25.1 Å². The standard InChI is InChI=1S/C22H27NO5S/c1-15-6-11-20(29-15)18-4-2-3-5-19(18)23-22(26)28-13-17-9-7-16(8-10-17)12-27-14-21(24)25/h2-6,11,16-17H,7-10,12-14H2,1H3,(H,23,26)(H,24,25)/t16-,17-. The van der Waals surface area contributed by atoms with Crippen molar-refractivity contribution in [2.45, 2.75) is 32.6 Å². The SMILES string of the molecule is Cc1ccc(-c2ccccc2NC(=O)OC[C@H]2CC[C@H](COCC(=O)O)CC2)s1. The molecule has 1 amide bonds. The number of carbonyl (C=O) groups is 2. The minimum Gasteiger partial charge on any atom is -0.480 e. The van der Waals surface area contributed by atoms with Gasteiger partial charge in [0, 0.05) is 15.3 Å². The van der Waals surface area contributed by atoms with E-state index in [1.165, 1.54) is 4.88 Å². The first-order valence-electron chi connectivity index (χ1n) is 9.90. The molecular formula is C22H27NO5S. The Morgan fingerprint density at radius 3 is 2.41 bits per heavy atom. The van der Waals surface area contributed by atoms with Crippen molar-refractivity contribution in [1.82, 2.24) is 0 Å². The third-order valence-corrected chi connectivity index (χ3v) is 6.20. The molecule has 1 heterocycles. The summed E-state index contributed by atoms with van der Waals surface area (Å²) < 4.78 is 10.7. The molecular weight excluding hydrogens is 390 g/mol. The summed E-state index contributed by atoms with van der Waals surface area (Å²) >= 11 is 1.69. The third-order valence-electron chi connectivity index (χ3n) is 5.17. The number of thiophene rings is 1. The van der Waals surface area contributed by atoms with E-state index in [2.05, 4.69) is 24.4 Å². The summed E-state index contributed by atoms with van der Waals surface area (Å²) in [5, 5.41) is 11.5. The van der Waals surface area contributed by atoms with Crippen LogP contribution >= 0.6 is 11.3 Å². The zero-order valence-corrected chi connectivity index (χ0v) is 17.4. The summed E-state index contributed by atoms with van der Waals surface area (Å²) in [6.07, 6.45) is 3.42. The summed E-state index contributed by atoms with van der Waals surface area (Å²) in [4.78, 5) is 25.1. The fraction of sp³-hybridized carbons (Fsp3) is 0.455. The number of aliphatic carboxylic acids is 1. The van der Waals surface area contributed by atoms with E-state index in [4.69, 9.17) is 14.6 Å². The van der Waals surface area contributed by atoms with Crippen LogP contribution in [0, 0.1) is 18.8 Å². The fourth-order valence-electron chi connectivity index (χ4n) is 3.60. The Hall–Kier alpha value is -2.38. The molecule has 1 aromatic heterocycles. The predicted octanol–water partition coefficient (Wildman–Crippen LogP) is 5.18.